The molecule has 0 unspecified atom stereocenters. The van der Waals surface area contributed by atoms with Crippen molar-refractivity contribution in [2.45, 2.75) is 26.2 Å². The maximum Gasteiger partial charge on any atom is 0.372 e. The van der Waals surface area contributed by atoms with Gasteiger partial charge in [-0.15, -0.1) is 0 Å². The van der Waals surface area contributed by atoms with Crippen LogP contribution >= 0.6 is 0 Å². The van der Waals surface area contributed by atoms with Crippen molar-refractivity contribution in [3.63, 3.8) is 0 Å². The Balaban J connectivity index is 0.000000249. The van der Waals surface area contributed by atoms with Crippen LogP contribution in [0.5, 0.6) is 0 Å². The normalized spacial score (nSPS) is 14.5. The van der Waals surface area contributed by atoms with E-state index in [-0.39, 0.29) is 12.2 Å². The van der Waals surface area contributed by atoms with E-state index in [1.165, 1.54) is 0 Å². The second-order valence-electron chi connectivity index (χ2n) is 2.82. The summed E-state index contributed by atoms with van der Waals surface area (Å²) in [5.41, 5.74) is 0. The van der Waals surface area contributed by atoms with Crippen molar-refractivity contribution in [2.24, 2.45) is 0 Å². The molecule has 14 heavy (non-hydrogen) atoms. The molecule has 1 fully saturated rings. The average molecular weight is 202 g/mol. The number of aliphatic carboxylic acids is 1. The molecule has 0 aliphatic carbocycles. The smallest absolute Gasteiger partial charge is 0.372 e. The van der Waals surface area contributed by atoms with Gasteiger partial charge in [0.05, 0.1) is 6.61 Å². The van der Waals surface area contributed by atoms with Crippen LogP contribution in [-0.4, -0.2) is 35.9 Å². The Labute approximate surface area is 82.1 Å². The number of carbonyl (C=O) groups is 3. The van der Waals surface area contributed by atoms with E-state index in [2.05, 4.69) is 0 Å². The monoisotopic (exact) mass is 202 g/mol. The number of rotatable bonds is 3. The van der Waals surface area contributed by atoms with Gasteiger partial charge < -0.3 is 9.84 Å². The molecule has 80 valence electrons. The summed E-state index contributed by atoms with van der Waals surface area (Å²) in [7, 11) is 0. The highest BCUT2D eigenvalue weighted by Gasteiger charge is 2.08. The number of hydrogen-bond acceptors (Lipinski definition) is 4. The second kappa shape index (κ2) is 7.20. The fourth-order valence-corrected chi connectivity index (χ4v) is 0.778. The van der Waals surface area contributed by atoms with Crippen molar-refractivity contribution >= 4 is 17.5 Å². The first kappa shape index (κ1) is 12.8. The number of carboxylic acids is 1. The van der Waals surface area contributed by atoms with Gasteiger partial charge in [0.2, 0.25) is 5.78 Å². The van der Waals surface area contributed by atoms with Crippen LogP contribution in [0.4, 0.5) is 0 Å². The van der Waals surface area contributed by atoms with Crippen LogP contribution in [0.3, 0.4) is 0 Å². The number of ether oxygens (including phenoxy) is 1. The van der Waals surface area contributed by atoms with Crippen LogP contribution in [0.2, 0.25) is 0 Å². The molecule has 1 heterocycles. The predicted molar refractivity (Wildman–Crippen MR) is 48.0 cm³/mol. The summed E-state index contributed by atoms with van der Waals surface area (Å²) >= 11 is 0. The second-order valence-corrected chi connectivity index (χ2v) is 2.82. The third-order valence-corrected chi connectivity index (χ3v) is 1.50. The molecule has 0 atom stereocenters. The van der Waals surface area contributed by atoms with Crippen molar-refractivity contribution < 1.29 is 24.2 Å². The predicted octanol–water partition coefficient (Wildman–Crippen LogP) is 0.416. The number of carboxylic acid groups (broad SMARTS) is 1. The number of hydrogen-bond donors (Lipinski definition) is 1. The summed E-state index contributed by atoms with van der Waals surface area (Å²) in [6.07, 6.45) is 1.38. The molecule has 5 nitrogen and oxygen atoms in total. The van der Waals surface area contributed by atoms with Gasteiger partial charge in [0.25, 0.3) is 0 Å². The van der Waals surface area contributed by atoms with Gasteiger partial charge in [0.1, 0.15) is 6.61 Å². The standard InChI is InChI=1S/C5H8O3.C4H6O2/c1-2-3-4(6)5(7)8;5-4-1-2-6-3-4/h2-3H2,1H3,(H,7,8);1-3H2. The molecule has 0 aromatic carbocycles. The van der Waals surface area contributed by atoms with Gasteiger partial charge >= 0.3 is 5.97 Å². The Morgan fingerprint density at radius 1 is 1.50 bits per heavy atom. The summed E-state index contributed by atoms with van der Waals surface area (Å²) in [5, 5.41) is 7.96. The minimum Gasteiger partial charge on any atom is -0.476 e. The van der Waals surface area contributed by atoms with Gasteiger partial charge in [-0.05, 0) is 6.42 Å². The van der Waals surface area contributed by atoms with Crippen LogP contribution in [0.25, 0.3) is 0 Å². The minimum absolute atomic E-state index is 0.148. The van der Waals surface area contributed by atoms with E-state index in [0.717, 1.165) is 0 Å². The lowest BCUT2D eigenvalue weighted by molar-refractivity contribution is -0.149. The topological polar surface area (TPSA) is 80.7 Å². The Bertz CT molecular complexity index is 213. The van der Waals surface area contributed by atoms with Crippen LogP contribution in [-0.2, 0) is 19.1 Å². The SMILES string of the molecule is CCCC(=O)C(=O)O.O=C1CCOC1. The zero-order valence-corrected chi connectivity index (χ0v) is 8.12. The molecule has 1 N–H and O–H groups in total. The molecule has 1 aliphatic heterocycles. The van der Waals surface area contributed by atoms with Crippen molar-refractivity contribution in [1.29, 1.82) is 0 Å². The Morgan fingerprint density at radius 2 is 2.14 bits per heavy atom. The zero-order valence-electron chi connectivity index (χ0n) is 8.12. The van der Waals surface area contributed by atoms with Gasteiger partial charge in [-0.1, -0.05) is 6.92 Å². The summed E-state index contributed by atoms with van der Waals surface area (Å²) in [5.74, 6) is -1.80. The van der Waals surface area contributed by atoms with E-state index in [1.54, 1.807) is 6.92 Å². The quantitative estimate of drug-likeness (QED) is 0.670. The number of carbonyl (C=O) groups excluding carboxylic acids is 2. The summed E-state index contributed by atoms with van der Waals surface area (Å²) in [4.78, 5) is 30.0. The molecule has 0 aromatic rings. The highest BCUT2D eigenvalue weighted by molar-refractivity contribution is 6.32. The molecule has 1 rings (SSSR count). The van der Waals surface area contributed by atoms with Crippen molar-refractivity contribution in [2.75, 3.05) is 13.2 Å². The third kappa shape index (κ3) is 6.30. The first-order chi connectivity index (χ1) is 6.57. The van der Waals surface area contributed by atoms with E-state index < -0.39 is 11.8 Å². The maximum atomic E-state index is 10.1. The lowest BCUT2D eigenvalue weighted by Crippen LogP contribution is -2.10. The average Bonchev–Trinajstić information content (AvgIpc) is 2.57. The van der Waals surface area contributed by atoms with Crippen LogP contribution in [0, 0.1) is 0 Å². The molecule has 0 amide bonds. The largest absolute Gasteiger partial charge is 0.476 e. The summed E-state index contributed by atoms with van der Waals surface area (Å²) in [6.45, 7) is 2.75. The molecule has 0 aromatic heterocycles. The minimum atomic E-state index is -1.33. The molecule has 0 bridgehead atoms. The molecule has 0 spiro atoms. The van der Waals surface area contributed by atoms with Crippen molar-refractivity contribution in [3.05, 3.63) is 0 Å². The third-order valence-electron chi connectivity index (χ3n) is 1.50. The van der Waals surface area contributed by atoms with Gasteiger partial charge in [-0.25, -0.2) is 4.79 Å². The highest BCUT2D eigenvalue weighted by atomic mass is 16.5. The van der Waals surface area contributed by atoms with E-state index >= 15 is 0 Å². The number of ketones is 2. The maximum absolute atomic E-state index is 10.1. The first-order valence-corrected chi connectivity index (χ1v) is 4.43. The van der Waals surface area contributed by atoms with Gasteiger partial charge in [0.15, 0.2) is 5.78 Å². The Kier molecular flexibility index (Phi) is 6.57. The fourth-order valence-electron chi connectivity index (χ4n) is 0.778. The summed E-state index contributed by atoms with van der Waals surface area (Å²) in [6, 6.07) is 0. The molecule has 1 saturated heterocycles. The van der Waals surface area contributed by atoms with E-state index in [4.69, 9.17) is 9.84 Å². The van der Waals surface area contributed by atoms with Crippen LogP contribution in [0.15, 0.2) is 0 Å². The van der Waals surface area contributed by atoms with Crippen molar-refractivity contribution in [3.8, 4) is 0 Å². The van der Waals surface area contributed by atoms with Gasteiger partial charge in [-0.2, -0.15) is 0 Å². The molecule has 0 radical (unpaired) electrons. The van der Waals surface area contributed by atoms with E-state index in [0.29, 0.717) is 26.1 Å². The van der Waals surface area contributed by atoms with Gasteiger partial charge in [-0.3, -0.25) is 9.59 Å². The van der Waals surface area contributed by atoms with Gasteiger partial charge in [0, 0.05) is 12.8 Å². The number of Topliss-reactive ketones (excluding diaryl/α,β-unsaturated/α-hetero) is 2. The molecule has 0 saturated carbocycles. The zero-order chi connectivity index (χ0) is 11.0. The highest BCUT2D eigenvalue weighted by Crippen LogP contribution is 1.94. The first-order valence-electron chi connectivity index (χ1n) is 4.43. The molecule has 5 heteroatoms. The van der Waals surface area contributed by atoms with E-state index in [1.807, 2.05) is 0 Å². The summed E-state index contributed by atoms with van der Waals surface area (Å²) < 4.78 is 4.71. The van der Waals surface area contributed by atoms with Crippen LogP contribution in [0.1, 0.15) is 26.2 Å². The van der Waals surface area contributed by atoms with Crippen molar-refractivity contribution in [1.82, 2.24) is 0 Å². The Hall–Kier alpha value is -1.23. The Morgan fingerprint density at radius 3 is 2.29 bits per heavy atom. The van der Waals surface area contributed by atoms with Crippen LogP contribution < -0.4 is 0 Å². The molecular formula is C9H14O5. The van der Waals surface area contributed by atoms with E-state index in [9.17, 15) is 14.4 Å². The fraction of sp³-hybridized carbons (Fsp3) is 0.667. The molecule has 1 aliphatic rings. The lowest BCUT2D eigenvalue weighted by Gasteiger charge is -1.85. The lowest BCUT2D eigenvalue weighted by atomic mass is 10.2. The molecular weight excluding hydrogens is 188 g/mol.